The van der Waals surface area contributed by atoms with E-state index < -0.39 is 0 Å². The van der Waals surface area contributed by atoms with Crippen molar-refractivity contribution in [1.29, 1.82) is 0 Å². The molecule has 18 heavy (non-hydrogen) atoms. The van der Waals surface area contributed by atoms with Crippen molar-refractivity contribution in [3.8, 4) is 0 Å². The van der Waals surface area contributed by atoms with E-state index in [0.717, 1.165) is 19.6 Å². The third kappa shape index (κ3) is 4.92. The van der Waals surface area contributed by atoms with Crippen LogP contribution in [0.4, 0.5) is 0 Å². The highest BCUT2D eigenvalue weighted by Gasteiger charge is 2.48. The molecule has 0 unspecified atom stereocenters. The van der Waals surface area contributed by atoms with Crippen LogP contribution >= 0.6 is 0 Å². The Kier molecular flexibility index (Phi) is 6.93. The summed E-state index contributed by atoms with van der Waals surface area (Å²) in [4.78, 5) is 0. The van der Waals surface area contributed by atoms with Gasteiger partial charge in [-0.2, -0.15) is 0 Å². The van der Waals surface area contributed by atoms with Gasteiger partial charge in [-0.1, -0.05) is 7.43 Å². The molecule has 2 fully saturated rings. The first-order chi connectivity index (χ1) is 7.74. The maximum Gasteiger partial charge on any atom is 0.454 e. The molecule has 2 rings (SSSR count). The minimum Gasteiger partial charge on any atom is -0.411 e. The molecule has 0 atom stereocenters. The summed E-state index contributed by atoms with van der Waals surface area (Å²) in [6, 6.07) is 0. The lowest BCUT2D eigenvalue weighted by atomic mass is 9.90. The summed E-state index contributed by atoms with van der Waals surface area (Å²) >= 11 is 0. The quantitative estimate of drug-likeness (QED) is 0.626. The molecule has 0 spiro atoms. The Bertz CT molecular complexity index is 224. The van der Waals surface area contributed by atoms with Crippen LogP contribution < -0.4 is 0 Å². The molecule has 0 aliphatic carbocycles. The van der Waals surface area contributed by atoms with Crippen LogP contribution in [0.1, 0.15) is 41.5 Å². The molecule has 0 amide bonds. The van der Waals surface area contributed by atoms with Crippen molar-refractivity contribution in [2.24, 2.45) is 0 Å². The molecule has 2 aliphatic rings. The topological polar surface area (TPSA) is 36.9 Å². The first-order valence-electron chi connectivity index (χ1n) is 6.33. The SMILES string of the molecule is C.CB1OC(C)(C)C(C)(C)O1.CB1OCCCO1. The molecule has 4 nitrogen and oxygen atoms in total. The van der Waals surface area contributed by atoms with Gasteiger partial charge in [-0.05, 0) is 47.8 Å². The molecule has 0 aromatic heterocycles. The van der Waals surface area contributed by atoms with Crippen molar-refractivity contribution in [2.45, 2.75) is 66.4 Å². The van der Waals surface area contributed by atoms with E-state index in [2.05, 4.69) is 27.7 Å². The predicted octanol–water partition coefficient (Wildman–Crippen LogP) is 2.89. The maximum absolute atomic E-state index is 5.54. The second kappa shape index (κ2) is 6.94. The van der Waals surface area contributed by atoms with E-state index in [9.17, 15) is 0 Å². The van der Waals surface area contributed by atoms with Crippen LogP contribution in [0.15, 0.2) is 0 Å². The highest BCUT2D eigenvalue weighted by molar-refractivity contribution is 6.43. The molecule has 106 valence electrons. The van der Waals surface area contributed by atoms with Crippen molar-refractivity contribution in [2.75, 3.05) is 13.2 Å². The molecule has 0 aromatic rings. The maximum atomic E-state index is 5.54. The van der Waals surface area contributed by atoms with Crippen LogP contribution in [0.2, 0.25) is 13.6 Å². The average molecular weight is 258 g/mol. The summed E-state index contributed by atoms with van der Waals surface area (Å²) in [6.45, 7) is 13.8. The van der Waals surface area contributed by atoms with Gasteiger partial charge in [-0.15, -0.1) is 0 Å². The third-order valence-electron chi connectivity index (χ3n) is 3.36. The fourth-order valence-electron chi connectivity index (χ4n) is 1.74. The summed E-state index contributed by atoms with van der Waals surface area (Å²) < 4.78 is 21.2. The van der Waals surface area contributed by atoms with Crippen LogP contribution in [0.25, 0.3) is 0 Å². The molecule has 0 radical (unpaired) electrons. The first kappa shape index (κ1) is 18.0. The minimum absolute atomic E-state index is 0. The second-order valence-corrected chi connectivity index (χ2v) is 5.49. The van der Waals surface area contributed by atoms with Crippen molar-refractivity contribution < 1.29 is 18.6 Å². The summed E-state index contributed by atoms with van der Waals surface area (Å²) in [7, 11) is -0.0289. The molecule has 6 heteroatoms. The Morgan fingerprint density at radius 3 is 1.33 bits per heavy atom. The van der Waals surface area contributed by atoms with E-state index in [-0.39, 0.29) is 32.9 Å². The lowest BCUT2D eigenvalue weighted by Crippen LogP contribution is -2.41. The molecule has 2 heterocycles. The molecular formula is C12H28B2O4. The van der Waals surface area contributed by atoms with Crippen LogP contribution in [0.5, 0.6) is 0 Å². The van der Waals surface area contributed by atoms with Gasteiger partial charge in [-0.3, -0.25) is 0 Å². The van der Waals surface area contributed by atoms with Crippen LogP contribution in [0, 0.1) is 0 Å². The van der Waals surface area contributed by atoms with Crippen LogP contribution in [0.3, 0.4) is 0 Å². The smallest absolute Gasteiger partial charge is 0.411 e. The van der Waals surface area contributed by atoms with E-state index in [1.165, 1.54) is 0 Å². The largest absolute Gasteiger partial charge is 0.454 e. The van der Waals surface area contributed by atoms with Gasteiger partial charge in [0.25, 0.3) is 0 Å². The summed E-state index contributed by atoms with van der Waals surface area (Å²) in [5.74, 6) is 0. The Morgan fingerprint density at radius 2 is 1.17 bits per heavy atom. The molecule has 0 bridgehead atoms. The lowest BCUT2D eigenvalue weighted by molar-refractivity contribution is 0.00578. The Labute approximate surface area is 113 Å². The second-order valence-electron chi connectivity index (χ2n) is 5.49. The van der Waals surface area contributed by atoms with Gasteiger partial charge in [0.2, 0.25) is 0 Å². The van der Waals surface area contributed by atoms with Gasteiger partial charge in [0.1, 0.15) is 0 Å². The average Bonchev–Trinajstić information content (AvgIpc) is 2.35. The number of rotatable bonds is 0. The Morgan fingerprint density at radius 1 is 0.778 bits per heavy atom. The van der Waals surface area contributed by atoms with Crippen LogP contribution in [-0.2, 0) is 18.6 Å². The predicted molar refractivity (Wildman–Crippen MR) is 76.8 cm³/mol. The Hall–Kier alpha value is -0.0301. The normalized spacial score (nSPS) is 25.0. The zero-order valence-electron chi connectivity index (χ0n) is 11.9. The monoisotopic (exact) mass is 258 g/mol. The summed E-state index contributed by atoms with van der Waals surface area (Å²) in [6.07, 6.45) is 1.05. The molecule has 2 aliphatic heterocycles. The molecule has 0 N–H and O–H groups in total. The first-order valence-corrected chi connectivity index (χ1v) is 6.33. The van der Waals surface area contributed by atoms with E-state index in [1.807, 2.05) is 13.6 Å². The number of hydrogen-bond acceptors (Lipinski definition) is 4. The summed E-state index contributed by atoms with van der Waals surface area (Å²) in [5.41, 5.74) is -0.321. The van der Waals surface area contributed by atoms with Gasteiger partial charge in [0.15, 0.2) is 0 Å². The zero-order valence-corrected chi connectivity index (χ0v) is 11.9. The van der Waals surface area contributed by atoms with E-state index in [1.54, 1.807) is 0 Å². The van der Waals surface area contributed by atoms with E-state index in [0.29, 0.717) is 0 Å². The molecular weight excluding hydrogens is 230 g/mol. The molecule has 0 aromatic carbocycles. The molecule has 2 saturated heterocycles. The van der Waals surface area contributed by atoms with Gasteiger partial charge >= 0.3 is 14.2 Å². The van der Waals surface area contributed by atoms with Crippen molar-refractivity contribution in [3.05, 3.63) is 0 Å². The highest BCUT2D eigenvalue weighted by atomic mass is 16.7. The van der Waals surface area contributed by atoms with Crippen molar-refractivity contribution >= 4 is 14.2 Å². The standard InChI is InChI=1S/C7H15BO2.C4H9BO2.CH4/c1-6(2)7(3,4)10-8(5)9-6;1-5-6-3-2-4-7-5;/h1-5H3;2-4H2,1H3;1H4. The van der Waals surface area contributed by atoms with Crippen molar-refractivity contribution in [3.63, 3.8) is 0 Å². The van der Waals surface area contributed by atoms with Crippen LogP contribution in [-0.4, -0.2) is 38.7 Å². The van der Waals surface area contributed by atoms with E-state index in [4.69, 9.17) is 18.6 Å². The van der Waals surface area contributed by atoms with Gasteiger partial charge in [0, 0.05) is 13.2 Å². The molecule has 0 saturated carbocycles. The fraction of sp³-hybridized carbons (Fsp3) is 1.00. The highest BCUT2D eigenvalue weighted by Crippen LogP contribution is 2.36. The third-order valence-corrected chi connectivity index (χ3v) is 3.36. The van der Waals surface area contributed by atoms with Crippen molar-refractivity contribution in [1.82, 2.24) is 0 Å². The number of hydrogen-bond donors (Lipinski definition) is 0. The van der Waals surface area contributed by atoms with Gasteiger partial charge in [-0.25, -0.2) is 0 Å². The van der Waals surface area contributed by atoms with Gasteiger partial charge < -0.3 is 18.6 Å². The Balaban J connectivity index is 0.000000321. The van der Waals surface area contributed by atoms with Gasteiger partial charge in [0.05, 0.1) is 11.2 Å². The fourth-order valence-corrected chi connectivity index (χ4v) is 1.74. The lowest BCUT2D eigenvalue weighted by Gasteiger charge is -2.32. The summed E-state index contributed by atoms with van der Waals surface area (Å²) in [5, 5.41) is 0. The zero-order chi connectivity index (χ0) is 13.1. The van der Waals surface area contributed by atoms with E-state index >= 15 is 0 Å². The minimum atomic E-state index is -0.160.